The van der Waals surface area contributed by atoms with E-state index in [-0.39, 0.29) is 10.9 Å². The van der Waals surface area contributed by atoms with E-state index in [9.17, 15) is 4.79 Å². The molecule has 4 nitrogen and oxygen atoms in total. The van der Waals surface area contributed by atoms with Crippen molar-refractivity contribution in [2.24, 2.45) is 0 Å². The number of aryl methyl sites for hydroxylation is 1. The van der Waals surface area contributed by atoms with Gasteiger partial charge in [0.25, 0.3) is 5.91 Å². The average molecular weight is 375 g/mol. The van der Waals surface area contributed by atoms with E-state index < -0.39 is 0 Å². The molecule has 0 fully saturated rings. The summed E-state index contributed by atoms with van der Waals surface area (Å²) in [6, 6.07) is 4.92. The number of nitrogens with zero attached hydrogens (tertiary/aromatic N) is 1. The summed E-state index contributed by atoms with van der Waals surface area (Å²) in [6.45, 7) is 1.73. The maximum absolute atomic E-state index is 12.2. The summed E-state index contributed by atoms with van der Waals surface area (Å²) in [4.78, 5) is 16.3. The Kier molecular flexibility index (Phi) is 4.52. The van der Waals surface area contributed by atoms with Crippen LogP contribution in [0.2, 0.25) is 10.0 Å². The quantitative estimate of drug-likeness (QED) is 0.770. The number of aromatic nitrogens is 1. The number of halogens is 3. The van der Waals surface area contributed by atoms with Crippen LogP contribution in [0.4, 0.5) is 11.4 Å². The van der Waals surface area contributed by atoms with Gasteiger partial charge in [0.2, 0.25) is 0 Å². The Labute approximate surface area is 134 Å². The molecular formula is C13H10BrCl2N3O. The van der Waals surface area contributed by atoms with Crippen LogP contribution in [0, 0.1) is 6.92 Å². The minimum Gasteiger partial charge on any atom is -0.397 e. The first-order valence-electron chi connectivity index (χ1n) is 5.57. The number of nitrogens with two attached hydrogens (primary N) is 1. The van der Waals surface area contributed by atoms with Crippen molar-refractivity contribution in [1.29, 1.82) is 0 Å². The Morgan fingerprint density at radius 3 is 2.75 bits per heavy atom. The van der Waals surface area contributed by atoms with Gasteiger partial charge in [-0.15, -0.1) is 0 Å². The van der Waals surface area contributed by atoms with Gasteiger partial charge in [0.1, 0.15) is 0 Å². The zero-order valence-electron chi connectivity index (χ0n) is 10.4. The number of anilines is 2. The summed E-state index contributed by atoms with van der Waals surface area (Å²) >= 11 is 15.3. The van der Waals surface area contributed by atoms with Gasteiger partial charge >= 0.3 is 0 Å². The lowest BCUT2D eigenvalue weighted by atomic mass is 10.1. The second kappa shape index (κ2) is 5.99. The Balaban J connectivity index is 2.33. The summed E-state index contributed by atoms with van der Waals surface area (Å²) in [5.74, 6) is -0.345. The van der Waals surface area contributed by atoms with Gasteiger partial charge in [0.15, 0.2) is 0 Å². The molecule has 0 aliphatic heterocycles. The molecule has 0 aliphatic rings. The molecule has 0 saturated carbocycles. The van der Waals surface area contributed by atoms with Crippen molar-refractivity contribution in [3.63, 3.8) is 0 Å². The second-order valence-corrected chi connectivity index (χ2v) is 5.69. The lowest BCUT2D eigenvalue weighted by molar-refractivity contribution is 0.102. The molecular weight excluding hydrogens is 365 g/mol. The zero-order valence-corrected chi connectivity index (χ0v) is 13.5. The molecule has 0 saturated heterocycles. The van der Waals surface area contributed by atoms with Crippen LogP contribution in [0.15, 0.2) is 28.9 Å². The molecule has 1 amide bonds. The number of nitrogens with one attached hydrogen (secondary N) is 1. The van der Waals surface area contributed by atoms with Crippen LogP contribution < -0.4 is 11.1 Å². The molecule has 3 N–H and O–H groups in total. The molecule has 1 heterocycles. The van der Waals surface area contributed by atoms with Crippen molar-refractivity contribution >= 4 is 56.4 Å². The van der Waals surface area contributed by atoms with Crippen molar-refractivity contribution in [2.45, 2.75) is 6.92 Å². The maximum atomic E-state index is 12.2. The average Bonchev–Trinajstić information content (AvgIpc) is 2.42. The summed E-state index contributed by atoms with van der Waals surface area (Å²) < 4.78 is 0.656. The summed E-state index contributed by atoms with van der Waals surface area (Å²) in [5, 5.41) is 3.30. The minimum absolute atomic E-state index is 0.268. The molecule has 0 spiro atoms. The molecule has 0 unspecified atom stereocenters. The van der Waals surface area contributed by atoms with Crippen LogP contribution in [0.1, 0.15) is 16.1 Å². The van der Waals surface area contributed by atoms with Gasteiger partial charge in [-0.1, -0.05) is 23.2 Å². The van der Waals surface area contributed by atoms with E-state index in [0.717, 1.165) is 0 Å². The van der Waals surface area contributed by atoms with Gasteiger partial charge in [-0.3, -0.25) is 9.78 Å². The SMILES string of the molecule is Cc1ncc(N)cc1C(=O)Nc1ccc(Br)c(Cl)c1Cl. The van der Waals surface area contributed by atoms with Gasteiger partial charge < -0.3 is 11.1 Å². The molecule has 0 bridgehead atoms. The van der Waals surface area contributed by atoms with Gasteiger partial charge in [-0.2, -0.15) is 0 Å². The van der Waals surface area contributed by atoms with Crippen LogP contribution in [0.3, 0.4) is 0 Å². The van der Waals surface area contributed by atoms with E-state index in [4.69, 9.17) is 28.9 Å². The molecule has 1 aromatic carbocycles. The first kappa shape index (κ1) is 15.1. The van der Waals surface area contributed by atoms with E-state index in [0.29, 0.717) is 32.1 Å². The maximum Gasteiger partial charge on any atom is 0.257 e. The highest BCUT2D eigenvalue weighted by molar-refractivity contribution is 9.10. The predicted molar refractivity (Wildman–Crippen MR) is 85.5 cm³/mol. The molecule has 104 valence electrons. The fourth-order valence-corrected chi connectivity index (χ4v) is 2.41. The Bertz CT molecular complexity index is 692. The van der Waals surface area contributed by atoms with Gasteiger partial charge in [-0.25, -0.2) is 0 Å². The number of hydrogen-bond donors (Lipinski definition) is 2. The lowest BCUT2D eigenvalue weighted by Crippen LogP contribution is -2.15. The fourth-order valence-electron chi connectivity index (χ4n) is 1.59. The number of amides is 1. The molecule has 0 radical (unpaired) electrons. The first-order chi connectivity index (χ1) is 9.40. The second-order valence-electron chi connectivity index (χ2n) is 4.08. The number of pyridine rings is 1. The van der Waals surface area contributed by atoms with E-state index in [1.807, 2.05) is 0 Å². The number of hydrogen-bond acceptors (Lipinski definition) is 3. The topological polar surface area (TPSA) is 68.0 Å². The highest BCUT2D eigenvalue weighted by Gasteiger charge is 2.14. The molecule has 0 aliphatic carbocycles. The summed E-state index contributed by atoms with van der Waals surface area (Å²) in [5.41, 5.74) is 7.45. The minimum atomic E-state index is -0.345. The number of carbonyl (C=O) groups excluding carboxylic acids is 1. The number of rotatable bonds is 2. The van der Waals surface area contributed by atoms with Crippen LogP contribution in [-0.4, -0.2) is 10.9 Å². The van der Waals surface area contributed by atoms with Crippen LogP contribution in [0.25, 0.3) is 0 Å². The molecule has 20 heavy (non-hydrogen) atoms. The van der Waals surface area contributed by atoms with Gasteiger partial charge in [-0.05, 0) is 41.1 Å². The van der Waals surface area contributed by atoms with Crippen LogP contribution in [0.5, 0.6) is 0 Å². The normalized spacial score (nSPS) is 10.4. The van der Waals surface area contributed by atoms with E-state index in [1.165, 1.54) is 6.20 Å². The Morgan fingerprint density at radius 1 is 1.35 bits per heavy atom. The largest absolute Gasteiger partial charge is 0.397 e. The predicted octanol–water partition coefficient (Wildman–Crippen LogP) is 4.29. The number of nitrogen functional groups attached to an aromatic ring is 1. The van der Waals surface area contributed by atoms with E-state index >= 15 is 0 Å². The van der Waals surface area contributed by atoms with Crippen molar-refractivity contribution in [3.05, 3.63) is 50.2 Å². The van der Waals surface area contributed by atoms with E-state index in [1.54, 1.807) is 25.1 Å². The lowest BCUT2D eigenvalue weighted by Gasteiger charge is -2.10. The van der Waals surface area contributed by atoms with Crippen molar-refractivity contribution in [3.8, 4) is 0 Å². The summed E-state index contributed by atoms with van der Waals surface area (Å²) in [6.07, 6.45) is 1.50. The highest BCUT2D eigenvalue weighted by Crippen LogP contribution is 2.36. The summed E-state index contributed by atoms with van der Waals surface area (Å²) in [7, 11) is 0. The standard InChI is InChI=1S/C13H10BrCl2N3O/c1-6-8(4-7(17)5-18-6)13(20)19-10-3-2-9(14)11(15)12(10)16/h2-5H,17H2,1H3,(H,19,20). The molecule has 1 aromatic heterocycles. The number of benzene rings is 1. The molecule has 0 atom stereocenters. The first-order valence-corrected chi connectivity index (χ1v) is 7.12. The Hall–Kier alpha value is -1.30. The molecule has 2 rings (SSSR count). The third-order valence-corrected chi connectivity index (χ3v) is 4.41. The van der Waals surface area contributed by atoms with Crippen LogP contribution >= 0.6 is 39.1 Å². The van der Waals surface area contributed by atoms with Crippen LogP contribution in [-0.2, 0) is 0 Å². The van der Waals surface area contributed by atoms with Crippen molar-refractivity contribution in [2.75, 3.05) is 11.1 Å². The zero-order chi connectivity index (χ0) is 14.9. The third kappa shape index (κ3) is 3.06. The number of carbonyl (C=O) groups is 1. The van der Waals surface area contributed by atoms with Gasteiger partial charge in [0, 0.05) is 4.47 Å². The fraction of sp³-hybridized carbons (Fsp3) is 0.0769. The Morgan fingerprint density at radius 2 is 2.05 bits per heavy atom. The van der Waals surface area contributed by atoms with E-state index in [2.05, 4.69) is 26.2 Å². The molecule has 2 aromatic rings. The van der Waals surface area contributed by atoms with Gasteiger partial charge in [0.05, 0.1) is 38.9 Å². The third-order valence-electron chi connectivity index (χ3n) is 2.64. The highest BCUT2D eigenvalue weighted by atomic mass is 79.9. The monoisotopic (exact) mass is 373 g/mol. The molecule has 7 heteroatoms. The van der Waals surface area contributed by atoms with Crippen molar-refractivity contribution < 1.29 is 4.79 Å². The van der Waals surface area contributed by atoms with Crippen molar-refractivity contribution in [1.82, 2.24) is 4.98 Å². The smallest absolute Gasteiger partial charge is 0.257 e.